The first-order valence-electron chi connectivity index (χ1n) is 10.0. The fraction of sp³-hybridized carbons (Fsp3) is 0.773. The molecular formula is C22H34O4. The van der Waals surface area contributed by atoms with Crippen LogP contribution in [-0.2, 0) is 19.0 Å². The molecule has 0 radical (unpaired) electrons. The molecule has 3 heterocycles. The van der Waals surface area contributed by atoms with E-state index in [2.05, 4.69) is 39.8 Å². The van der Waals surface area contributed by atoms with Crippen molar-refractivity contribution in [3.63, 3.8) is 0 Å². The van der Waals surface area contributed by atoms with Gasteiger partial charge >= 0.3 is 5.97 Å². The summed E-state index contributed by atoms with van der Waals surface area (Å²) in [5.74, 6) is 0.139. The Labute approximate surface area is 158 Å². The molecule has 2 fully saturated rings. The van der Waals surface area contributed by atoms with Gasteiger partial charge in [0.1, 0.15) is 11.7 Å². The zero-order valence-corrected chi connectivity index (χ0v) is 17.0. The molecule has 26 heavy (non-hydrogen) atoms. The molecule has 0 N–H and O–H groups in total. The topological polar surface area (TPSA) is 48.1 Å². The van der Waals surface area contributed by atoms with Gasteiger partial charge in [0.15, 0.2) is 0 Å². The van der Waals surface area contributed by atoms with E-state index in [1.165, 1.54) is 18.1 Å². The minimum Gasteiger partial charge on any atom is -0.459 e. The van der Waals surface area contributed by atoms with E-state index in [-0.39, 0.29) is 23.8 Å². The fourth-order valence-corrected chi connectivity index (χ4v) is 4.49. The smallest absolute Gasteiger partial charge is 0.303 e. The van der Waals surface area contributed by atoms with E-state index in [0.717, 1.165) is 45.1 Å². The highest BCUT2D eigenvalue weighted by molar-refractivity contribution is 5.66. The van der Waals surface area contributed by atoms with Gasteiger partial charge in [-0.25, -0.2) is 0 Å². The lowest BCUT2D eigenvalue weighted by molar-refractivity contribution is -0.202. The van der Waals surface area contributed by atoms with Gasteiger partial charge in [-0.1, -0.05) is 23.3 Å². The van der Waals surface area contributed by atoms with E-state index in [9.17, 15) is 4.79 Å². The van der Waals surface area contributed by atoms with Crippen LogP contribution >= 0.6 is 0 Å². The van der Waals surface area contributed by atoms with Gasteiger partial charge in [-0.2, -0.15) is 0 Å². The molecule has 0 aromatic carbocycles. The van der Waals surface area contributed by atoms with Crippen molar-refractivity contribution in [2.75, 3.05) is 6.61 Å². The number of carbonyl (C=O) groups excluding carboxylic acids is 1. The van der Waals surface area contributed by atoms with Gasteiger partial charge < -0.3 is 14.2 Å². The second kappa shape index (κ2) is 7.47. The highest BCUT2D eigenvalue weighted by atomic mass is 16.6. The summed E-state index contributed by atoms with van der Waals surface area (Å²) in [5, 5.41) is 0. The van der Waals surface area contributed by atoms with E-state index in [1.54, 1.807) is 0 Å². The number of hydrogen-bond acceptors (Lipinski definition) is 4. The minimum absolute atomic E-state index is 0.0174. The van der Waals surface area contributed by atoms with Crippen molar-refractivity contribution in [3.05, 3.63) is 23.3 Å². The lowest BCUT2D eigenvalue weighted by Gasteiger charge is -2.47. The van der Waals surface area contributed by atoms with Gasteiger partial charge in [-0.05, 0) is 66.2 Å². The summed E-state index contributed by atoms with van der Waals surface area (Å²) in [6.45, 7) is 11.0. The van der Waals surface area contributed by atoms with Gasteiger partial charge in [0.2, 0.25) is 0 Å². The normalized spacial score (nSPS) is 45.2. The Morgan fingerprint density at radius 1 is 1.15 bits per heavy atom. The molecule has 4 heteroatoms. The summed E-state index contributed by atoms with van der Waals surface area (Å²) in [5.41, 5.74) is 2.21. The second-order valence-electron chi connectivity index (χ2n) is 8.88. The fourth-order valence-electron chi connectivity index (χ4n) is 4.49. The minimum atomic E-state index is -0.450. The third-order valence-electron chi connectivity index (χ3n) is 6.41. The molecule has 0 saturated carbocycles. The predicted molar refractivity (Wildman–Crippen MR) is 102 cm³/mol. The average molecular weight is 363 g/mol. The van der Waals surface area contributed by atoms with Crippen molar-refractivity contribution in [1.82, 2.24) is 0 Å². The Balaban J connectivity index is 1.91. The van der Waals surface area contributed by atoms with Crippen LogP contribution in [0.3, 0.4) is 0 Å². The largest absolute Gasteiger partial charge is 0.459 e. The first kappa shape index (κ1) is 19.6. The van der Waals surface area contributed by atoms with Crippen molar-refractivity contribution < 1.29 is 19.0 Å². The van der Waals surface area contributed by atoms with Crippen molar-refractivity contribution in [2.24, 2.45) is 5.92 Å². The maximum Gasteiger partial charge on any atom is 0.303 e. The first-order chi connectivity index (χ1) is 12.2. The number of epoxide rings is 1. The highest BCUT2D eigenvalue weighted by Gasteiger charge is 2.55. The number of fused-ring (bicyclic) bond motifs is 2. The molecule has 0 aliphatic carbocycles. The Morgan fingerprint density at radius 3 is 2.54 bits per heavy atom. The summed E-state index contributed by atoms with van der Waals surface area (Å²) in [7, 11) is 0. The number of hydrogen-bond donors (Lipinski definition) is 0. The molecule has 2 saturated heterocycles. The van der Waals surface area contributed by atoms with Crippen molar-refractivity contribution in [2.45, 2.75) is 96.6 Å². The lowest BCUT2D eigenvalue weighted by Crippen LogP contribution is -2.53. The average Bonchev–Trinajstić information content (AvgIpc) is 3.28. The van der Waals surface area contributed by atoms with Crippen LogP contribution in [0.25, 0.3) is 0 Å². The summed E-state index contributed by atoms with van der Waals surface area (Å²) in [6.07, 6.45) is 10.2. The van der Waals surface area contributed by atoms with Gasteiger partial charge in [0, 0.05) is 12.8 Å². The van der Waals surface area contributed by atoms with Crippen LogP contribution in [0.15, 0.2) is 23.3 Å². The standard InChI is InChI=1S/C22H34O4/c1-15-7-6-8-16(2)13-19-18(22(5)14-24-22)11-12-21(4,26-19)20(10-9-15)25-17(3)23/h7,13,18-20H,6,8-12,14H2,1-5H3/b15-7+,16-13+/t18-,19+,20-,21?,22+/m0/s1. The first-order valence-corrected chi connectivity index (χ1v) is 10.0. The second-order valence-corrected chi connectivity index (χ2v) is 8.88. The summed E-state index contributed by atoms with van der Waals surface area (Å²) in [4.78, 5) is 11.7. The van der Waals surface area contributed by atoms with Crippen LogP contribution in [0.2, 0.25) is 0 Å². The van der Waals surface area contributed by atoms with E-state index in [0.29, 0.717) is 5.92 Å². The number of allylic oxidation sites excluding steroid dienone is 3. The Kier molecular flexibility index (Phi) is 5.64. The summed E-state index contributed by atoms with van der Waals surface area (Å²) in [6, 6.07) is 0. The number of esters is 1. The molecule has 146 valence electrons. The lowest BCUT2D eigenvalue weighted by atomic mass is 9.76. The summed E-state index contributed by atoms with van der Waals surface area (Å²) >= 11 is 0. The number of ether oxygens (including phenoxy) is 3. The third kappa shape index (κ3) is 4.40. The molecule has 4 nitrogen and oxygen atoms in total. The zero-order valence-electron chi connectivity index (χ0n) is 17.0. The molecular weight excluding hydrogens is 328 g/mol. The van der Waals surface area contributed by atoms with Crippen molar-refractivity contribution >= 4 is 5.97 Å². The molecule has 0 aromatic heterocycles. The van der Waals surface area contributed by atoms with Crippen molar-refractivity contribution in [3.8, 4) is 0 Å². The monoisotopic (exact) mass is 362 g/mol. The van der Waals surface area contributed by atoms with Crippen LogP contribution < -0.4 is 0 Å². The molecule has 2 bridgehead atoms. The van der Waals surface area contributed by atoms with Crippen LogP contribution in [0.5, 0.6) is 0 Å². The molecule has 3 aliphatic heterocycles. The maximum absolute atomic E-state index is 11.7. The van der Waals surface area contributed by atoms with E-state index in [1.807, 2.05) is 0 Å². The van der Waals surface area contributed by atoms with Crippen molar-refractivity contribution in [1.29, 1.82) is 0 Å². The van der Waals surface area contributed by atoms with Crippen LogP contribution in [0.1, 0.15) is 73.1 Å². The highest BCUT2D eigenvalue weighted by Crippen LogP contribution is 2.48. The Hall–Kier alpha value is -1.13. The summed E-state index contributed by atoms with van der Waals surface area (Å²) < 4.78 is 18.2. The van der Waals surface area contributed by atoms with Crippen LogP contribution in [0.4, 0.5) is 0 Å². The SMILES string of the molecule is CC(=O)O[C@H]1CC/C(C)=C/CC/C(C)=C/[C@H]2OC1(C)CC[C@@H]2[C@@]1(C)CO1. The quantitative estimate of drug-likeness (QED) is 0.405. The molecule has 3 rings (SSSR count). The van der Waals surface area contributed by atoms with Gasteiger partial charge in [0.25, 0.3) is 0 Å². The third-order valence-corrected chi connectivity index (χ3v) is 6.41. The Bertz CT molecular complexity index is 601. The number of rotatable bonds is 2. The molecule has 0 amide bonds. The van der Waals surface area contributed by atoms with Gasteiger partial charge in [-0.3, -0.25) is 4.79 Å². The molecule has 3 aliphatic rings. The molecule has 1 unspecified atom stereocenters. The zero-order chi connectivity index (χ0) is 18.9. The van der Waals surface area contributed by atoms with Gasteiger partial charge in [0.05, 0.1) is 18.3 Å². The van der Waals surface area contributed by atoms with Crippen LogP contribution in [0, 0.1) is 5.92 Å². The van der Waals surface area contributed by atoms with Gasteiger partial charge in [-0.15, -0.1) is 0 Å². The number of carbonyl (C=O) groups is 1. The maximum atomic E-state index is 11.7. The molecule has 0 spiro atoms. The predicted octanol–water partition coefficient (Wildman–Crippen LogP) is 4.73. The van der Waals surface area contributed by atoms with Crippen LogP contribution in [-0.4, -0.2) is 36.0 Å². The van der Waals surface area contributed by atoms with E-state index < -0.39 is 5.60 Å². The molecule has 5 atom stereocenters. The molecule has 0 aromatic rings. The van der Waals surface area contributed by atoms with E-state index >= 15 is 0 Å². The van der Waals surface area contributed by atoms with E-state index in [4.69, 9.17) is 14.2 Å². The Morgan fingerprint density at radius 2 is 1.88 bits per heavy atom.